The van der Waals surface area contributed by atoms with E-state index in [1.54, 1.807) is 0 Å². The van der Waals surface area contributed by atoms with E-state index in [1.807, 2.05) is 0 Å². The number of hydrogen-bond donors (Lipinski definition) is 2. The normalized spacial score (nSPS) is 39.5. The van der Waals surface area contributed by atoms with Gasteiger partial charge in [0.2, 0.25) is 0 Å². The topological polar surface area (TPSA) is 40.5 Å². The Bertz CT molecular complexity index is 136. The lowest BCUT2D eigenvalue weighted by atomic mass is 9.75. The predicted molar refractivity (Wildman–Crippen MR) is 48.8 cm³/mol. The van der Waals surface area contributed by atoms with E-state index in [-0.39, 0.29) is 12.7 Å². The van der Waals surface area contributed by atoms with E-state index in [0.717, 1.165) is 12.8 Å². The monoisotopic (exact) mass is 172 g/mol. The molecule has 12 heavy (non-hydrogen) atoms. The molecule has 0 amide bonds. The molecular weight excluding hydrogens is 152 g/mol. The first-order chi connectivity index (χ1) is 5.65. The fraction of sp³-hybridized carbons (Fsp3) is 1.00. The maximum Gasteiger partial charge on any atom is 0.0568 e. The summed E-state index contributed by atoms with van der Waals surface area (Å²) >= 11 is 0. The van der Waals surface area contributed by atoms with Crippen molar-refractivity contribution in [3.63, 3.8) is 0 Å². The van der Waals surface area contributed by atoms with E-state index in [4.69, 9.17) is 5.11 Å². The van der Waals surface area contributed by atoms with Gasteiger partial charge in [-0.25, -0.2) is 0 Å². The molecule has 1 fully saturated rings. The van der Waals surface area contributed by atoms with Gasteiger partial charge < -0.3 is 10.2 Å². The minimum atomic E-state index is -0.141. The lowest BCUT2D eigenvalue weighted by molar-refractivity contribution is 0.0288. The van der Waals surface area contributed by atoms with Gasteiger partial charge in [0.1, 0.15) is 0 Å². The van der Waals surface area contributed by atoms with Crippen LogP contribution in [0.2, 0.25) is 0 Å². The largest absolute Gasteiger partial charge is 0.396 e. The van der Waals surface area contributed by atoms with Crippen LogP contribution >= 0.6 is 0 Å². The molecule has 1 saturated carbocycles. The maximum absolute atomic E-state index is 9.61. The van der Waals surface area contributed by atoms with Gasteiger partial charge in [0, 0.05) is 6.61 Å². The third kappa shape index (κ3) is 2.20. The third-order valence-corrected chi connectivity index (χ3v) is 3.29. The van der Waals surface area contributed by atoms with Crippen LogP contribution < -0.4 is 0 Å². The Kier molecular flexibility index (Phi) is 3.53. The second-order valence-electron chi connectivity index (χ2n) is 4.28. The molecule has 0 aromatic heterocycles. The van der Waals surface area contributed by atoms with Gasteiger partial charge in [-0.3, -0.25) is 0 Å². The molecule has 72 valence electrons. The van der Waals surface area contributed by atoms with E-state index < -0.39 is 0 Å². The van der Waals surface area contributed by atoms with E-state index in [9.17, 15) is 5.11 Å². The van der Waals surface area contributed by atoms with Crippen molar-refractivity contribution in [3.8, 4) is 0 Å². The molecule has 0 spiro atoms. The average molecular weight is 172 g/mol. The van der Waals surface area contributed by atoms with Crippen molar-refractivity contribution in [2.45, 2.75) is 39.2 Å². The molecule has 0 aromatic carbocycles. The molecule has 0 aromatic rings. The van der Waals surface area contributed by atoms with Crippen molar-refractivity contribution >= 4 is 0 Å². The standard InChI is InChI=1S/C10H20O2/c1-7-3-4-9(5-10(7)12)8(2)6-11/h7-12H,3-6H2,1-2H3/t7-,8?,9?,10-/m0/s1. The second kappa shape index (κ2) is 4.24. The lowest BCUT2D eigenvalue weighted by Gasteiger charge is -2.33. The quantitative estimate of drug-likeness (QED) is 0.661. The summed E-state index contributed by atoms with van der Waals surface area (Å²) < 4.78 is 0. The molecule has 1 aliphatic rings. The van der Waals surface area contributed by atoms with Crippen LogP contribution in [0.1, 0.15) is 33.1 Å². The maximum atomic E-state index is 9.61. The Hall–Kier alpha value is -0.0800. The first kappa shape index (κ1) is 10.0. The lowest BCUT2D eigenvalue weighted by Crippen LogP contribution is -2.31. The smallest absolute Gasteiger partial charge is 0.0568 e. The van der Waals surface area contributed by atoms with Crippen molar-refractivity contribution in [2.75, 3.05) is 6.61 Å². The molecule has 1 aliphatic carbocycles. The summed E-state index contributed by atoms with van der Waals surface area (Å²) in [4.78, 5) is 0. The predicted octanol–water partition coefficient (Wildman–Crippen LogP) is 1.41. The van der Waals surface area contributed by atoms with Gasteiger partial charge in [0.15, 0.2) is 0 Å². The molecule has 0 radical (unpaired) electrons. The molecule has 0 heterocycles. The minimum Gasteiger partial charge on any atom is -0.396 e. The van der Waals surface area contributed by atoms with Crippen molar-refractivity contribution in [2.24, 2.45) is 17.8 Å². The molecular formula is C10H20O2. The molecule has 0 bridgehead atoms. The molecule has 2 N–H and O–H groups in total. The SMILES string of the molecule is CC(CO)C1CC[C@H](C)[C@@H](O)C1. The van der Waals surface area contributed by atoms with Crippen LogP contribution in [-0.2, 0) is 0 Å². The van der Waals surface area contributed by atoms with Gasteiger partial charge in [-0.1, -0.05) is 13.8 Å². The summed E-state index contributed by atoms with van der Waals surface area (Å²) in [6.45, 7) is 4.42. The molecule has 2 nitrogen and oxygen atoms in total. The summed E-state index contributed by atoms with van der Waals surface area (Å²) in [6.07, 6.45) is 3.01. The summed E-state index contributed by atoms with van der Waals surface area (Å²) in [5.74, 6) is 1.33. The zero-order chi connectivity index (χ0) is 9.14. The molecule has 2 unspecified atom stereocenters. The Morgan fingerprint density at radius 3 is 2.58 bits per heavy atom. The Morgan fingerprint density at radius 1 is 1.42 bits per heavy atom. The highest BCUT2D eigenvalue weighted by Gasteiger charge is 2.28. The van der Waals surface area contributed by atoms with Gasteiger partial charge in [0.05, 0.1) is 6.10 Å². The first-order valence-electron chi connectivity index (χ1n) is 4.94. The Morgan fingerprint density at radius 2 is 2.08 bits per heavy atom. The zero-order valence-electron chi connectivity index (χ0n) is 8.03. The Balaban J connectivity index is 2.39. The molecule has 0 aliphatic heterocycles. The third-order valence-electron chi connectivity index (χ3n) is 3.29. The van der Waals surface area contributed by atoms with Gasteiger partial charge in [-0.05, 0) is 37.0 Å². The first-order valence-corrected chi connectivity index (χ1v) is 4.94. The number of aliphatic hydroxyl groups is 2. The fourth-order valence-electron chi connectivity index (χ4n) is 2.00. The summed E-state index contributed by atoms with van der Waals surface area (Å²) in [5.41, 5.74) is 0. The average Bonchev–Trinajstić information content (AvgIpc) is 2.08. The molecule has 0 saturated heterocycles. The highest BCUT2D eigenvalue weighted by atomic mass is 16.3. The van der Waals surface area contributed by atoms with E-state index >= 15 is 0 Å². The van der Waals surface area contributed by atoms with Gasteiger partial charge >= 0.3 is 0 Å². The van der Waals surface area contributed by atoms with Crippen LogP contribution in [0, 0.1) is 17.8 Å². The number of hydrogen-bond acceptors (Lipinski definition) is 2. The van der Waals surface area contributed by atoms with E-state index in [2.05, 4.69) is 13.8 Å². The van der Waals surface area contributed by atoms with E-state index in [1.165, 1.54) is 6.42 Å². The summed E-state index contributed by atoms with van der Waals surface area (Å²) in [7, 11) is 0. The summed E-state index contributed by atoms with van der Waals surface area (Å²) in [6, 6.07) is 0. The van der Waals surface area contributed by atoms with Crippen molar-refractivity contribution < 1.29 is 10.2 Å². The fourth-order valence-corrected chi connectivity index (χ4v) is 2.00. The van der Waals surface area contributed by atoms with Crippen LogP contribution in [0.4, 0.5) is 0 Å². The molecule has 4 atom stereocenters. The van der Waals surface area contributed by atoms with Crippen molar-refractivity contribution in [3.05, 3.63) is 0 Å². The van der Waals surface area contributed by atoms with Crippen LogP contribution in [0.25, 0.3) is 0 Å². The number of rotatable bonds is 2. The van der Waals surface area contributed by atoms with Crippen LogP contribution in [0.5, 0.6) is 0 Å². The van der Waals surface area contributed by atoms with Gasteiger partial charge in [0.25, 0.3) is 0 Å². The van der Waals surface area contributed by atoms with Gasteiger partial charge in [-0.15, -0.1) is 0 Å². The highest BCUT2D eigenvalue weighted by Crippen LogP contribution is 2.33. The number of aliphatic hydroxyl groups excluding tert-OH is 2. The summed E-state index contributed by atoms with van der Waals surface area (Å²) in [5, 5.41) is 18.6. The van der Waals surface area contributed by atoms with Gasteiger partial charge in [-0.2, -0.15) is 0 Å². The Labute approximate surface area is 74.6 Å². The minimum absolute atomic E-state index is 0.141. The van der Waals surface area contributed by atoms with E-state index in [0.29, 0.717) is 17.8 Å². The van der Waals surface area contributed by atoms with Crippen molar-refractivity contribution in [1.82, 2.24) is 0 Å². The molecule has 1 rings (SSSR count). The van der Waals surface area contributed by atoms with Crippen molar-refractivity contribution in [1.29, 1.82) is 0 Å². The van der Waals surface area contributed by atoms with Crippen LogP contribution in [-0.4, -0.2) is 22.9 Å². The zero-order valence-corrected chi connectivity index (χ0v) is 8.03. The molecule has 2 heteroatoms. The van der Waals surface area contributed by atoms with Crippen LogP contribution in [0.3, 0.4) is 0 Å². The van der Waals surface area contributed by atoms with Crippen LogP contribution in [0.15, 0.2) is 0 Å². The highest BCUT2D eigenvalue weighted by molar-refractivity contribution is 4.79. The second-order valence-corrected chi connectivity index (χ2v) is 4.28.